The molecular weight excluding hydrogens is 258 g/mol. The molecule has 0 heterocycles. The van der Waals surface area contributed by atoms with Gasteiger partial charge in [0.25, 0.3) is 0 Å². The molecule has 0 spiro atoms. The largest absolute Gasteiger partial charge is 0.493 e. The van der Waals surface area contributed by atoms with Gasteiger partial charge < -0.3 is 24.6 Å². The number of aliphatic hydroxyl groups is 1. The van der Waals surface area contributed by atoms with Crippen LogP contribution in [0.1, 0.15) is 19.4 Å². The number of ether oxygens (including phenoxy) is 3. The normalized spacial score (nSPS) is 10.8. The zero-order chi connectivity index (χ0) is 14.8. The minimum absolute atomic E-state index is 0.0260. The highest BCUT2D eigenvalue weighted by Gasteiger charge is 2.10. The van der Waals surface area contributed by atoms with E-state index >= 15 is 0 Å². The summed E-state index contributed by atoms with van der Waals surface area (Å²) in [5.41, 5.74) is 1.06. The van der Waals surface area contributed by atoms with E-state index < -0.39 is 0 Å². The second-order valence-electron chi connectivity index (χ2n) is 4.67. The SMILES string of the molecule is COc1cccc(CNC(C)C)c1OCCOCCO. The van der Waals surface area contributed by atoms with Crippen LogP contribution in [0.2, 0.25) is 0 Å². The summed E-state index contributed by atoms with van der Waals surface area (Å²) in [6.45, 7) is 6.15. The number of methoxy groups -OCH3 is 1. The Hall–Kier alpha value is -1.30. The van der Waals surface area contributed by atoms with Gasteiger partial charge in [0.1, 0.15) is 6.61 Å². The van der Waals surface area contributed by atoms with Crippen molar-refractivity contribution >= 4 is 0 Å². The molecule has 0 amide bonds. The first-order chi connectivity index (χ1) is 9.69. The minimum Gasteiger partial charge on any atom is -0.493 e. The molecule has 114 valence electrons. The van der Waals surface area contributed by atoms with Gasteiger partial charge in [-0.25, -0.2) is 0 Å². The lowest BCUT2D eigenvalue weighted by Gasteiger charge is -2.16. The van der Waals surface area contributed by atoms with Crippen LogP contribution in [-0.2, 0) is 11.3 Å². The maximum Gasteiger partial charge on any atom is 0.165 e. The number of hydrogen-bond donors (Lipinski definition) is 2. The summed E-state index contributed by atoms with van der Waals surface area (Å²) in [4.78, 5) is 0. The third kappa shape index (κ3) is 5.77. The third-order valence-electron chi connectivity index (χ3n) is 2.69. The van der Waals surface area contributed by atoms with Crippen molar-refractivity contribution in [2.75, 3.05) is 33.5 Å². The monoisotopic (exact) mass is 283 g/mol. The van der Waals surface area contributed by atoms with Crippen LogP contribution in [0.25, 0.3) is 0 Å². The van der Waals surface area contributed by atoms with Crippen molar-refractivity contribution in [2.24, 2.45) is 0 Å². The summed E-state index contributed by atoms with van der Waals surface area (Å²) in [5.74, 6) is 1.46. The fourth-order valence-corrected chi connectivity index (χ4v) is 1.71. The lowest BCUT2D eigenvalue weighted by atomic mass is 10.1. The Morgan fingerprint density at radius 1 is 1.20 bits per heavy atom. The summed E-state index contributed by atoms with van der Waals surface area (Å²) < 4.78 is 16.3. The molecule has 0 unspecified atom stereocenters. The van der Waals surface area contributed by atoms with E-state index in [0.29, 0.717) is 25.9 Å². The molecule has 0 aliphatic heterocycles. The van der Waals surface area contributed by atoms with Gasteiger partial charge >= 0.3 is 0 Å². The molecule has 0 aliphatic rings. The van der Waals surface area contributed by atoms with E-state index in [9.17, 15) is 0 Å². The van der Waals surface area contributed by atoms with Crippen LogP contribution in [-0.4, -0.2) is 44.7 Å². The number of aliphatic hydroxyl groups excluding tert-OH is 1. The molecule has 0 aromatic heterocycles. The average molecular weight is 283 g/mol. The molecule has 0 radical (unpaired) electrons. The van der Waals surface area contributed by atoms with Crippen molar-refractivity contribution in [3.8, 4) is 11.5 Å². The second-order valence-corrected chi connectivity index (χ2v) is 4.67. The first-order valence-corrected chi connectivity index (χ1v) is 6.89. The van der Waals surface area contributed by atoms with Gasteiger partial charge in [0.15, 0.2) is 11.5 Å². The number of nitrogens with one attached hydrogen (secondary N) is 1. The Morgan fingerprint density at radius 3 is 2.65 bits per heavy atom. The highest BCUT2D eigenvalue weighted by Crippen LogP contribution is 2.31. The van der Waals surface area contributed by atoms with E-state index in [1.807, 2.05) is 18.2 Å². The Kier molecular flexibility index (Phi) is 8.02. The predicted octanol–water partition coefficient (Wildman–Crippen LogP) is 1.58. The lowest BCUT2D eigenvalue weighted by Crippen LogP contribution is -2.22. The number of para-hydroxylation sites is 1. The second kappa shape index (κ2) is 9.58. The van der Waals surface area contributed by atoms with Gasteiger partial charge in [0.05, 0.1) is 26.9 Å². The third-order valence-corrected chi connectivity index (χ3v) is 2.69. The Bertz CT molecular complexity index is 382. The topological polar surface area (TPSA) is 60.0 Å². The van der Waals surface area contributed by atoms with Crippen LogP contribution < -0.4 is 14.8 Å². The molecular formula is C15H25NO4. The number of hydrogen-bond acceptors (Lipinski definition) is 5. The Morgan fingerprint density at radius 2 is 2.00 bits per heavy atom. The fraction of sp³-hybridized carbons (Fsp3) is 0.600. The van der Waals surface area contributed by atoms with Crippen molar-refractivity contribution in [1.29, 1.82) is 0 Å². The highest BCUT2D eigenvalue weighted by atomic mass is 16.5. The first kappa shape index (κ1) is 16.8. The van der Waals surface area contributed by atoms with Gasteiger partial charge in [0, 0.05) is 18.2 Å². The van der Waals surface area contributed by atoms with Crippen LogP contribution in [0.4, 0.5) is 0 Å². The van der Waals surface area contributed by atoms with Crippen molar-refractivity contribution < 1.29 is 19.3 Å². The van der Waals surface area contributed by atoms with Gasteiger partial charge in [-0.15, -0.1) is 0 Å². The minimum atomic E-state index is 0.0260. The van der Waals surface area contributed by atoms with Crippen LogP contribution in [0.3, 0.4) is 0 Å². The quantitative estimate of drug-likeness (QED) is 0.638. The predicted molar refractivity (Wildman–Crippen MR) is 78.4 cm³/mol. The smallest absolute Gasteiger partial charge is 0.165 e. The molecule has 1 aromatic rings. The van der Waals surface area contributed by atoms with E-state index in [-0.39, 0.29) is 6.61 Å². The molecule has 0 saturated carbocycles. The summed E-state index contributed by atoms with van der Waals surface area (Å²) in [5, 5.41) is 12.0. The molecule has 0 bridgehead atoms. The van der Waals surface area contributed by atoms with E-state index in [0.717, 1.165) is 23.6 Å². The summed E-state index contributed by atoms with van der Waals surface area (Å²) >= 11 is 0. The maximum absolute atomic E-state index is 8.64. The molecule has 0 saturated heterocycles. The van der Waals surface area contributed by atoms with Crippen LogP contribution in [0, 0.1) is 0 Å². The molecule has 0 fully saturated rings. The van der Waals surface area contributed by atoms with E-state index in [1.54, 1.807) is 7.11 Å². The van der Waals surface area contributed by atoms with Gasteiger partial charge in [-0.2, -0.15) is 0 Å². The van der Waals surface area contributed by atoms with Crippen molar-refractivity contribution in [1.82, 2.24) is 5.32 Å². The number of rotatable bonds is 10. The van der Waals surface area contributed by atoms with Crippen LogP contribution >= 0.6 is 0 Å². The molecule has 0 atom stereocenters. The Labute approximate surface area is 120 Å². The molecule has 2 N–H and O–H groups in total. The molecule has 20 heavy (non-hydrogen) atoms. The highest BCUT2D eigenvalue weighted by molar-refractivity contribution is 5.46. The molecule has 1 rings (SSSR count). The standard InChI is InChI=1S/C15H25NO4/c1-12(2)16-11-13-5-4-6-14(18-3)15(13)20-10-9-19-8-7-17/h4-6,12,16-17H,7-11H2,1-3H3. The van der Waals surface area contributed by atoms with Crippen LogP contribution in [0.5, 0.6) is 11.5 Å². The zero-order valence-corrected chi connectivity index (χ0v) is 12.5. The van der Waals surface area contributed by atoms with E-state index in [1.165, 1.54) is 0 Å². The van der Waals surface area contributed by atoms with Crippen molar-refractivity contribution in [3.05, 3.63) is 23.8 Å². The lowest BCUT2D eigenvalue weighted by molar-refractivity contribution is 0.0696. The Balaban J connectivity index is 2.63. The van der Waals surface area contributed by atoms with Gasteiger partial charge in [-0.3, -0.25) is 0 Å². The summed E-state index contributed by atoms with van der Waals surface area (Å²) in [7, 11) is 1.63. The summed E-state index contributed by atoms with van der Waals surface area (Å²) in [6.07, 6.45) is 0. The first-order valence-electron chi connectivity index (χ1n) is 6.89. The molecule has 1 aromatic carbocycles. The van der Waals surface area contributed by atoms with Crippen molar-refractivity contribution in [2.45, 2.75) is 26.4 Å². The van der Waals surface area contributed by atoms with Crippen molar-refractivity contribution in [3.63, 3.8) is 0 Å². The van der Waals surface area contributed by atoms with Gasteiger partial charge in [-0.05, 0) is 6.07 Å². The average Bonchev–Trinajstić information content (AvgIpc) is 2.45. The van der Waals surface area contributed by atoms with E-state index in [2.05, 4.69) is 19.2 Å². The summed E-state index contributed by atoms with van der Waals surface area (Å²) in [6, 6.07) is 6.25. The maximum atomic E-state index is 8.64. The molecule has 5 nitrogen and oxygen atoms in total. The van der Waals surface area contributed by atoms with Gasteiger partial charge in [-0.1, -0.05) is 26.0 Å². The zero-order valence-electron chi connectivity index (χ0n) is 12.5. The van der Waals surface area contributed by atoms with Gasteiger partial charge in [0.2, 0.25) is 0 Å². The molecule has 5 heteroatoms. The number of benzene rings is 1. The molecule has 0 aliphatic carbocycles. The van der Waals surface area contributed by atoms with E-state index in [4.69, 9.17) is 19.3 Å². The van der Waals surface area contributed by atoms with Crippen LogP contribution in [0.15, 0.2) is 18.2 Å². The fourth-order valence-electron chi connectivity index (χ4n) is 1.71.